The third-order valence-electron chi connectivity index (χ3n) is 5.49. The van der Waals surface area contributed by atoms with Gasteiger partial charge in [-0.25, -0.2) is 0 Å². The van der Waals surface area contributed by atoms with Crippen LogP contribution in [0.4, 0.5) is 0 Å². The summed E-state index contributed by atoms with van der Waals surface area (Å²) in [5.41, 5.74) is 8.75. The quantitative estimate of drug-likeness (QED) is 0.736. The molecule has 0 bridgehead atoms. The van der Waals surface area contributed by atoms with Gasteiger partial charge in [-0.15, -0.1) is 0 Å². The number of nitrogens with two attached hydrogens (primary N) is 1. The molecule has 1 aliphatic rings. The maximum absolute atomic E-state index is 11.3. The van der Waals surface area contributed by atoms with Crippen molar-refractivity contribution in [3.8, 4) is 0 Å². The van der Waals surface area contributed by atoms with Crippen molar-refractivity contribution in [1.82, 2.24) is 4.90 Å². The molecule has 150 valence electrons. The van der Waals surface area contributed by atoms with Crippen molar-refractivity contribution in [2.24, 2.45) is 11.7 Å². The van der Waals surface area contributed by atoms with Crippen molar-refractivity contribution >= 4 is 5.91 Å². The van der Waals surface area contributed by atoms with Gasteiger partial charge in [0.25, 0.3) is 0 Å². The second-order valence-electron chi connectivity index (χ2n) is 7.61. The molecule has 0 saturated carbocycles. The number of ether oxygens (including phenoxy) is 1. The third kappa shape index (κ3) is 5.41. The van der Waals surface area contributed by atoms with E-state index in [1.807, 2.05) is 30.3 Å². The number of aliphatic hydroxyl groups is 1. The molecule has 0 aliphatic carbocycles. The van der Waals surface area contributed by atoms with Crippen LogP contribution < -0.4 is 5.73 Å². The molecule has 1 saturated heterocycles. The van der Waals surface area contributed by atoms with E-state index in [-0.39, 0.29) is 24.5 Å². The summed E-state index contributed by atoms with van der Waals surface area (Å²) < 4.78 is 6.21. The molecule has 5 heteroatoms. The maximum Gasteiger partial charge on any atom is 0.220 e. The highest BCUT2D eigenvalue weighted by Gasteiger charge is 2.25. The van der Waals surface area contributed by atoms with Gasteiger partial charge in [-0.3, -0.25) is 4.79 Å². The zero-order valence-corrected chi connectivity index (χ0v) is 16.5. The summed E-state index contributed by atoms with van der Waals surface area (Å²) in [5.74, 6) is -0.249. The van der Waals surface area contributed by atoms with Gasteiger partial charge in [-0.2, -0.15) is 0 Å². The van der Waals surface area contributed by atoms with E-state index in [0.29, 0.717) is 6.54 Å². The zero-order chi connectivity index (χ0) is 19.9. The van der Waals surface area contributed by atoms with E-state index in [1.165, 1.54) is 5.56 Å². The smallest absolute Gasteiger partial charge is 0.220 e. The molecule has 2 aromatic rings. The first-order valence-corrected chi connectivity index (χ1v) is 9.96. The van der Waals surface area contributed by atoms with Crippen LogP contribution in [-0.4, -0.2) is 48.3 Å². The fourth-order valence-electron chi connectivity index (χ4n) is 3.83. The standard InChI is InChI=1S/C23H30N2O3/c1-17-7-5-6-10-21(17)22(18-8-3-2-4-9-18)28-16-20(26)15-25-13-11-19(12-14-25)23(24)27/h2-10,19-20,22,26H,11-16H2,1H3,(H2,24,27)/t20-,22+/m0/s1. The fraction of sp³-hybridized carbons (Fsp3) is 0.435. The lowest BCUT2D eigenvalue weighted by molar-refractivity contribution is -0.123. The van der Waals surface area contributed by atoms with E-state index >= 15 is 0 Å². The highest BCUT2D eigenvalue weighted by molar-refractivity contribution is 5.76. The van der Waals surface area contributed by atoms with Crippen molar-refractivity contribution < 1.29 is 14.6 Å². The number of aliphatic hydroxyl groups excluding tert-OH is 1. The number of amides is 1. The summed E-state index contributed by atoms with van der Waals surface area (Å²) in [5, 5.41) is 10.5. The molecule has 3 N–H and O–H groups in total. The first-order chi connectivity index (χ1) is 13.5. The Morgan fingerprint density at radius 3 is 2.43 bits per heavy atom. The normalized spacial score (nSPS) is 17.9. The van der Waals surface area contributed by atoms with Gasteiger partial charge in [-0.1, -0.05) is 54.6 Å². The Balaban J connectivity index is 1.59. The first-order valence-electron chi connectivity index (χ1n) is 9.96. The van der Waals surface area contributed by atoms with Gasteiger partial charge in [0, 0.05) is 12.5 Å². The minimum Gasteiger partial charge on any atom is -0.389 e. The molecule has 0 spiro atoms. The second kappa shape index (κ2) is 9.82. The van der Waals surface area contributed by atoms with E-state index < -0.39 is 6.10 Å². The summed E-state index contributed by atoms with van der Waals surface area (Å²) in [4.78, 5) is 13.5. The summed E-state index contributed by atoms with van der Waals surface area (Å²) in [6.45, 7) is 4.44. The molecule has 1 amide bonds. The highest BCUT2D eigenvalue weighted by atomic mass is 16.5. The van der Waals surface area contributed by atoms with Gasteiger partial charge in [0.15, 0.2) is 0 Å². The fourth-order valence-corrected chi connectivity index (χ4v) is 3.83. The van der Waals surface area contributed by atoms with Gasteiger partial charge < -0.3 is 20.5 Å². The van der Waals surface area contributed by atoms with Gasteiger partial charge >= 0.3 is 0 Å². The van der Waals surface area contributed by atoms with Gasteiger partial charge in [0.2, 0.25) is 5.91 Å². The second-order valence-corrected chi connectivity index (χ2v) is 7.61. The predicted octanol–water partition coefficient (Wildman–Crippen LogP) is 2.66. The topological polar surface area (TPSA) is 75.8 Å². The Bertz CT molecular complexity index is 757. The summed E-state index contributed by atoms with van der Waals surface area (Å²) in [7, 11) is 0. The van der Waals surface area contributed by atoms with E-state index in [2.05, 4.69) is 36.1 Å². The van der Waals surface area contributed by atoms with E-state index in [4.69, 9.17) is 10.5 Å². The maximum atomic E-state index is 11.3. The molecule has 2 aromatic carbocycles. The van der Waals surface area contributed by atoms with Crippen molar-refractivity contribution in [2.45, 2.75) is 32.0 Å². The molecule has 1 aliphatic heterocycles. The minimum absolute atomic E-state index is 0.0341. The number of rotatable bonds is 8. The van der Waals surface area contributed by atoms with Crippen LogP contribution in [0.25, 0.3) is 0 Å². The van der Waals surface area contributed by atoms with E-state index in [0.717, 1.165) is 37.1 Å². The highest BCUT2D eigenvalue weighted by Crippen LogP contribution is 2.28. The van der Waals surface area contributed by atoms with Crippen molar-refractivity contribution in [3.63, 3.8) is 0 Å². The van der Waals surface area contributed by atoms with Crippen LogP contribution >= 0.6 is 0 Å². The average Bonchev–Trinajstić information content (AvgIpc) is 2.70. The van der Waals surface area contributed by atoms with Crippen LogP contribution in [-0.2, 0) is 9.53 Å². The molecule has 28 heavy (non-hydrogen) atoms. The van der Waals surface area contributed by atoms with Crippen LogP contribution in [0.5, 0.6) is 0 Å². The molecule has 2 atom stereocenters. The van der Waals surface area contributed by atoms with Crippen LogP contribution in [0.1, 0.15) is 35.6 Å². The van der Waals surface area contributed by atoms with Crippen molar-refractivity contribution in [1.29, 1.82) is 0 Å². The van der Waals surface area contributed by atoms with Gasteiger partial charge in [-0.05, 0) is 49.5 Å². The number of carbonyl (C=O) groups excluding carboxylic acids is 1. The van der Waals surface area contributed by atoms with E-state index in [1.54, 1.807) is 0 Å². The molecule has 0 unspecified atom stereocenters. The predicted molar refractivity (Wildman–Crippen MR) is 110 cm³/mol. The summed E-state index contributed by atoms with van der Waals surface area (Å²) in [6, 6.07) is 18.3. The molecule has 5 nitrogen and oxygen atoms in total. The van der Waals surface area contributed by atoms with Crippen LogP contribution in [0.2, 0.25) is 0 Å². The van der Waals surface area contributed by atoms with Gasteiger partial charge in [0.05, 0.1) is 12.7 Å². The Kier molecular flexibility index (Phi) is 7.20. The molecule has 3 rings (SSSR count). The monoisotopic (exact) mass is 382 g/mol. The Morgan fingerprint density at radius 2 is 1.79 bits per heavy atom. The van der Waals surface area contributed by atoms with Gasteiger partial charge in [0.1, 0.15) is 6.10 Å². The number of carbonyl (C=O) groups is 1. The molecule has 0 radical (unpaired) electrons. The Hall–Kier alpha value is -2.21. The molecular weight excluding hydrogens is 352 g/mol. The van der Waals surface area contributed by atoms with Crippen LogP contribution in [0.3, 0.4) is 0 Å². The number of primary amides is 1. The molecular formula is C23H30N2O3. The minimum atomic E-state index is -0.583. The third-order valence-corrected chi connectivity index (χ3v) is 5.49. The molecule has 1 heterocycles. The largest absolute Gasteiger partial charge is 0.389 e. The number of aryl methyl sites for hydroxylation is 1. The zero-order valence-electron chi connectivity index (χ0n) is 16.5. The van der Waals surface area contributed by atoms with Crippen LogP contribution in [0, 0.1) is 12.8 Å². The lowest BCUT2D eigenvalue weighted by Crippen LogP contribution is -2.42. The lowest BCUT2D eigenvalue weighted by Gasteiger charge is -2.32. The van der Waals surface area contributed by atoms with E-state index in [9.17, 15) is 9.90 Å². The Morgan fingerprint density at radius 1 is 1.14 bits per heavy atom. The number of likely N-dealkylation sites (tertiary alicyclic amines) is 1. The van der Waals surface area contributed by atoms with Crippen LogP contribution in [0.15, 0.2) is 54.6 Å². The van der Waals surface area contributed by atoms with Crippen molar-refractivity contribution in [3.05, 3.63) is 71.3 Å². The Labute approximate surface area is 167 Å². The number of hydrogen-bond acceptors (Lipinski definition) is 4. The average molecular weight is 383 g/mol. The summed E-state index contributed by atoms with van der Waals surface area (Å²) >= 11 is 0. The number of piperidine rings is 1. The molecule has 0 aromatic heterocycles. The first kappa shape index (κ1) is 20.5. The SMILES string of the molecule is Cc1ccccc1[C@H](OC[C@@H](O)CN1CCC(C(N)=O)CC1)c1ccccc1. The number of hydrogen-bond donors (Lipinski definition) is 2. The summed E-state index contributed by atoms with van der Waals surface area (Å²) in [6.07, 6.45) is 0.732. The number of β-amino-alcohol motifs (C(OH)–C–C–N with tert-alkyl or cyclic N) is 1. The number of nitrogens with zero attached hydrogens (tertiary/aromatic N) is 1. The molecule has 1 fully saturated rings. The number of benzene rings is 2. The van der Waals surface area contributed by atoms with Crippen molar-refractivity contribution in [2.75, 3.05) is 26.2 Å². The lowest BCUT2D eigenvalue weighted by atomic mass is 9.96.